The van der Waals surface area contributed by atoms with Gasteiger partial charge in [0.1, 0.15) is 5.75 Å². The molecule has 1 unspecified atom stereocenters. The first kappa shape index (κ1) is 28.4. The second-order valence-corrected chi connectivity index (χ2v) is 12.5. The van der Waals surface area contributed by atoms with Gasteiger partial charge < -0.3 is 14.9 Å². The van der Waals surface area contributed by atoms with Gasteiger partial charge in [-0.05, 0) is 67.9 Å². The van der Waals surface area contributed by atoms with Crippen LogP contribution < -0.4 is 5.32 Å². The van der Waals surface area contributed by atoms with E-state index in [-0.39, 0.29) is 17.4 Å². The van der Waals surface area contributed by atoms with E-state index in [1.54, 1.807) is 6.07 Å². The molecule has 1 aliphatic heterocycles. The van der Waals surface area contributed by atoms with Crippen LogP contribution in [0.15, 0.2) is 67.3 Å². The number of aromatic hydroxyl groups is 1. The standard InChI is InChI=1S/C34H48N2O2/c1-4-21-36(25-27(2)3)22-20-34(29-15-11-16-32(37)23-29)24-31(19-18-30(34)26-36)35-33(38)17-10-6-9-14-28-12-7-5-8-13-28/h4-5,7-8,11-13,15-16,23,27,30-31H,1,6,9-10,14,17-22,24-26H2,2-3H3,(H-,35,37,38)/p+1/t30?,31-,34-,36+/m1/s1. The maximum Gasteiger partial charge on any atom is 0.220 e. The highest BCUT2D eigenvalue weighted by Crippen LogP contribution is 2.51. The number of quaternary nitrogens is 1. The molecule has 0 radical (unpaired) electrons. The molecule has 1 heterocycles. The molecule has 1 saturated heterocycles. The third kappa shape index (κ3) is 7.08. The normalized spacial score (nSPS) is 27.0. The second kappa shape index (κ2) is 13.0. The lowest BCUT2D eigenvalue weighted by molar-refractivity contribution is -0.935. The predicted octanol–water partition coefficient (Wildman–Crippen LogP) is 6.78. The Hall–Kier alpha value is -2.59. The van der Waals surface area contributed by atoms with E-state index in [2.05, 4.69) is 68.2 Å². The molecule has 2 fully saturated rings. The molecule has 2 aliphatic rings. The number of aryl methyl sites for hydroxylation is 1. The molecule has 38 heavy (non-hydrogen) atoms. The van der Waals surface area contributed by atoms with E-state index in [4.69, 9.17) is 0 Å². The van der Waals surface area contributed by atoms with Crippen molar-refractivity contribution in [1.82, 2.24) is 5.32 Å². The van der Waals surface area contributed by atoms with Gasteiger partial charge in [0.05, 0.1) is 26.2 Å². The molecule has 2 aromatic carbocycles. The van der Waals surface area contributed by atoms with E-state index in [1.165, 1.54) is 17.7 Å². The summed E-state index contributed by atoms with van der Waals surface area (Å²) < 4.78 is 1.12. The number of unbranched alkanes of at least 4 members (excludes halogenated alkanes) is 2. The van der Waals surface area contributed by atoms with Gasteiger partial charge in [0.25, 0.3) is 0 Å². The highest BCUT2D eigenvalue weighted by atomic mass is 16.3. The van der Waals surface area contributed by atoms with Gasteiger partial charge in [-0.1, -0.05) is 69.3 Å². The topological polar surface area (TPSA) is 49.3 Å². The fraction of sp³-hybridized carbons (Fsp3) is 0.559. The van der Waals surface area contributed by atoms with Crippen LogP contribution in [0.5, 0.6) is 5.75 Å². The molecule has 2 N–H and O–H groups in total. The number of likely N-dealkylation sites (tertiary alicyclic amines) is 1. The van der Waals surface area contributed by atoms with Crippen molar-refractivity contribution in [2.24, 2.45) is 11.8 Å². The fourth-order valence-corrected chi connectivity index (χ4v) is 7.58. The summed E-state index contributed by atoms with van der Waals surface area (Å²) in [5.74, 6) is 1.73. The van der Waals surface area contributed by atoms with Crippen LogP contribution in [0.25, 0.3) is 0 Å². The molecule has 4 atom stereocenters. The number of nitrogens with one attached hydrogen (secondary N) is 1. The fourth-order valence-electron chi connectivity index (χ4n) is 7.58. The Morgan fingerprint density at radius 3 is 2.68 bits per heavy atom. The van der Waals surface area contributed by atoms with Gasteiger partial charge in [0.2, 0.25) is 5.91 Å². The van der Waals surface area contributed by atoms with Crippen LogP contribution in [-0.4, -0.2) is 47.7 Å². The summed E-state index contributed by atoms with van der Waals surface area (Å²) >= 11 is 0. The van der Waals surface area contributed by atoms with Crippen molar-refractivity contribution in [1.29, 1.82) is 0 Å². The summed E-state index contributed by atoms with van der Waals surface area (Å²) in [5, 5.41) is 13.8. The van der Waals surface area contributed by atoms with Crippen LogP contribution in [0.1, 0.15) is 76.3 Å². The molecule has 206 valence electrons. The minimum Gasteiger partial charge on any atom is -0.508 e. The summed E-state index contributed by atoms with van der Waals surface area (Å²) in [4.78, 5) is 12.9. The molecule has 4 nitrogen and oxygen atoms in total. The quantitative estimate of drug-likeness (QED) is 0.185. The van der Waals surface area contributed by atoms with Crippen LogP contribution in [0.2, 0.25) is 0 Å². The van der Waals surface area contributed by atoms with Crippen LogP contribution >= 0.6 is 0 Å². The molecule has 4 heteroatoms. The lowest BCUT2D eigenvalue weighted by Crippen LogP contribution is -2.64. The number of carbonyl (C=O) groups excluding carboxylic acids is 1. The van der Waals surface area contributed by atoms with Crippen LogP contribution in [-0.2, 0) is 16.6 Å². The van der Waals surface area contributed by atoms with Gasteiger partial charge in [0.15, 0.2) is 0 Å². The first-order valence-electron chi connectivity index (χ1n) is 14.9. The van der Waals surface area contributed by atoms with Gasteiger partial charge in [0, 0.05) is 36.1 Å². The number of amides is 1. The lowest BCUT2D eigenvalue weighted by atomic mass is 9.57. The molecule has 4 rings (SSSR count). The first-order chi connectivity index (χ1) is 18.3. The summed E-state index contributed by atoms with van der Waals surface area (Å²) in [7, 11) is 0. The summed E-state index contributed by atoms with van der Waals surface area (Å²) in [6, 6.07) is 18.8. The largest absolute Gasteiger partial charge is 0.508 e. The zero-order valence-electron chi connectivity index (χ0n) is 23.7. The second-order valence-electron chi connectivity index (χ2n) is 12.5. The molecule has 0 aromatic heterocycles. The van der Waals surface area contributed by atoms with Crippen molar-refractivity contribution in [3.63, 3.8) is 0 Å². The van der Waals surface area contributed by atoms with Crippen molar-refractivity contribution in [3.05, 3.63) is 78.4 Å². The Kier molecular flexibility index (Phi) is 9.70. The number of benzene rings is 2. The predicted molar refractivity (Wildman–Crippen MR) is 157 cm³/mol. The van der Waals surface area contributed by atoms with E-state index in [9.17, 15) is 9.90 Å². The molecule has 1 aliphatic carbocycles. The number of phenolic OH excluding ortho intramolecular Hbond substituents is 1. The smallest absolute Gasteiger partial charge is 0.220 e. The van der Waals surface area contributed by atoms with E-state index >= 15 is 0 Å². The zero-order valence-corrected chi connectivity index (χ0v) is 23.7. The maximum atomic E-state index is 12.9. The third-order valence-corrected chi connectivity index (χ3v) is 9.16. The minimum absolute atomic E-state index is 0.00448. The summed E-state index contributed by atoms with van der Waals surface area (Å²) in [5.41, 5.74) is 2.63. The monoisotopic (exact) mass is 517 g/mol. The lowest BCUT2D eigenvalue weighted by Gasteiger charge is -2.56. The average molecular weight is 518 g/mol. The van der Waals surface area contributed by atoms with Crippen molar-refractivity contribution >= 4 is 5.91 Å². The summed E-state index contributed by atoms with van der Waals surface area (Å²) in [6.07, 6.45) is 11.2. The molecule has 2 aromatic rings. The third-order valence-electron chi connectivity index (χ3n) is 9.16. The molecular weight excluding hydrogens is 468 g/mol. The van der Waals surface area contributed by atoms with Gasteiger partial charge in [-0.25, -0.2) is 0 Å². The van der Waals surface area contributed by atoms with Crippen molar-refractivity contribution < 1.29 is 14.4 Å². The van der Waals surface area contributed by atoms with Gasteiger partial charge in [-0.3, -0.25) is 4.79 Å². The van der Waals surface area contributed by atoms with E-state index in [1.807, 2.05) is 12.1 Å². The van der Waals surface area contributed by atoms with Crippen molar-refractivity contribution in [3.8, 4) is 5.75 Å². The van der Waals surface area contributed by atoms with Gasteiger partial charge in [-0.15, -0.1) is 0 Å². The van der Waals surface area contributed by atoms with E-state index in [0.29, 0.717) is 24.0 Å². The number of nitrogens with zero attached hydrogens (tertiary/aromatic N) is 1. The first-order valence-corrected chi connectivity index (χ1v) is 14.9. The summed E-state index contributed by atoms with van der Waals surface area (Å²) in [6.45, 7) is 13.2. The molecule has 0 spiro atoms. The maximum absolute atomic E-state index is 12.9. The Morgan fingerprint density at radius 1 is 1.13 bits per heavy atom. The Balaban J connectivity index is 1.39. The van der Waals surface area contributed by atoms with Crippen molar-refractivity contribution in [2.45, 2.75) is 83.1 Å². The van der Waals surface area contributed by atoms with Crippen LogP contribution in [0.4, 0.5) is 0 Å². The van der Waals surface area contributed by atoms with E-state index < -0.39 is 0 Å². The molecular formula is C34H49N2O2+. The SMILES string of the molecule is C=CC[N@@+]1(CC(C)C)CC[C@]2(c3cccc(O)c3)C[C@H](NC(=O)CCCCCc3ccccc3)CCC2C1. The van der Waals surface area contributed by atoms with Gasteiger partial charge in [-0.2, -0.15) is 0 Å². The number of hydrogen-bond donors (Lipinski definition) is 2. The van der Waals surface area contributed by atoms with Crippen LogP contribution in [0.3, 0.4) is 0 Å². The molecule has 1 amide bonds. The number of rotatable bonds is 12. The van der Waals surface area contributed by atoms with Crippen molar-refractivity contribution in [2.75, 3.05) is 26.2 Å². The Bertz CT molecular complexity index is 1050. The Morgan fingerprint density at radius 2 is 1.95 bits per heavy atom. The number of carbonyl (C=O) groups is 1. The number of fused-ring (bicyclic) bond motifs is 1. The highest BCUT2D eigenvalue weighted by Gasteiger charge is 2.53. The highest BCUT2D eigenvalue weighted by molar-refractivity contribution is 5.76. The minimum atomic E-state index is 0.00448. The van der Waals surface area contributed by atoms with Crippen LogP contribution in [0, 0.1) is 11.8 Å². The Labute approximate surface area is 230 Å². The average Bonchev–Trinajstić information content (AvgIpc) is 2.89. The number of piperidine rings is 1. The number of phenols is 1. The molecule has 0 bridgehead atoms. The van der Waals surface area contributed by atoms with E-state index in [0.717, 1.165) is 75.5 Å². The van der Waals surface area contributed by atoms with Gasteiger partial charge >= 0.3 is 0 Å². The zero-order chi connectivity index (χ0) is 27.0. The molecule has 1 saturated carbocycles. The number of hydrogen-bond acceptors (Lipinski definition) is 2.